The van der Waals surface area contributed by atoms with Crippen LogP contribution in [0, 0.1) is 0 Å². The lowest BCUT2D eigenvalue weighted by atomic mass is 10.0. The number of likely N-dealkylation sites (tertiary alicyclic amines) is 1. The summed E-state index contributed by atoms with van der Waals surface area (Å²) >= 11 is 0. The number of sulfonamides is 2. The van der Waals surface area contributed by atoms with Gasteiger partial charge in [0.05, 0.1) is 55.6 Å². The Hall–Kier alpha value is -6.26. The zero-order valence-electron chi connectivity index (χ0n) is 32.2. The first kappa shape index (κ1) is 41.4. The van der Waals surface area contributed by atoms with Crippen molar-refractivity contribution in [2.24, 2.45) is 0 Å². The van der Waals surface area contributed by atoms with Crippen LogP contribution in [0.5, 0.6) is 23.0 Å². The molecule has 5 aromatic rings. The van der Waals surface area contributed by atoms with Crippen molar-refractivity contribution in [3.05, 3.63) is 132 Å². The van der Waals surface area contributed by atoms with Gasteiger partial charge in [-0.3, -0.25) is 9.10 Å². The highest BCUT2D eigenvalue weighted by Gasteiger charge is 2.43. The van der Waals surface area contributed by atoms with E-state index in [-0.39, 0.29) is 28.1 Å². The maximum absolute atomic E-state index is 15.3. The van der Waals surface area contributed by atoms with E-state index in [1.165, 1.54) is 113 Å². The van der Waals surface area contributed by atoms with Crippen LogP contribution in [0.1, 0.15) is 36.1 Å². The van der Waals surface area contributed by atoms with Gasteiger partial charge in [-0.25, -0.2) is 25.9 Å². The fourth-order valence-corrected chi connectivity index (χ4v) is 10.2. The van der Waals surface area contributed by atoms with Gasteiger partial charge >= 0.3 is 5.97 Å². The average molecular weight is 830 g/mol. The molecular weight excluding hydrogens is 787 g/mol. The molecule has 14 nitrogen and oxygen atoms in total. The summed E-state index contributed by atoms with van der Waals surface area (Å²) in [5.41, 5.74) is 0.425. The third-order valence-corrected chi connectivity index (χ3v) is 13.5. The van der Waals surface area contributed by atoms with Gasteiger partial charge in [0.1, 0.15) is 29.5 Å². The van der Waals surface area contributed by atoms with Gasteiger partial charge in [0.2, 0.25) is 5.91 Å². The second-order valence-electron chi connectivity index (χ2n) is 13.2. The summed E-state index contributed by atoms with van der Waals surface area (Å²) in [5, 5.41) is 11.1. The molecule has 16 heteroatoms. The molecular formula is C42H43N3O11S2. The van der Waals surface area contributed by atoms with E-state index in [9.17, 15) is 23.1 Å². The van der Waals surface area contributed by atoms with Gasteiger partial charge in [-0.1, -0.05) is 30.3 Å². The van der Waals surface area contributed by atoms with Gasteiger partial charge in [0.25, 0.3) is 20.0 Å². The number of hydrogen-bond donors (Lipinski definition) is 1. The number of ether oxygens (including phenoxy) is 4. The molecule has 0 aromatic heterocycles. The quantitative estimate of drug-likeness (QED) is 0.118. The molecule has 2 atom stereocenters. The Morgan fingerprint density at radius 1 is 0.690 bits per heavy atom. The Morgan fingerprint density at radius 2 is 1.21 bits per heavy atom. The molecule has 1 heterocycles. The van der Waals surface area contributed by atoms with Crippen molar-refractivity contribution in [2.75, 3.05) is 50.1 Å². The van der Waals surface area contributed by atoms with E-state index < -0.39 is 55.0 Å². The van der Waals surface area contributed by atoms with E-state index >= 15 is 8.42 Å². The van der Waals surface area contributed by atoms with Crippen molar-refractivity contribution in [3.8, 4) is 23.0 Å². The number of nitrogens with zero attached hydrogens (tertiary/aromatic N) is 3. The molecule has 0 aliphatic carbocycles. The Morgan fingerprint density at radius 3 is 1.74 bits per heavy atom. The lowest BCUT2D eigenvalue weighted by molar-refractivity contribution is -0.138. The van der Waals surface area contributed by atoms with E-state index in [1.807, 2.05) is 30.3 Å². The summed E-state index contributed by atoms with van der Waals surface area (Å²) in [5.74, 6) is -1.01. The van der Waals surface area contributed by atoms with Crippen LogP contribution < -0.4 is 27.6 Å². The molecule has 1 amide bonds. The summed E-state index contributed by atoms with van der Waals surface area (Å²) in [6, 6.07) is 27.5. The molecule has 1 N–H and O–H groups in total. The van der Waals surface area contributed by atoms with Crippen LogP contribution in [0.25, 0.3) is 0 Å². The number of carboxylic acid groups (broad SMARTS) is 1. The lowest BCUT2D eigenvalue weighted by Gasteiger charge is -2.33. The molecule has 58 heavy (non-hydrogen) atoms. The standard InChI is InChI=1S/C42H43N3O11S2/c1-53-32-16-12-30(13-17-32)44(28-40(46)43-26-8-11-38(43)29-9-6-5-7-10-29)58(51,52)39-25-22-35(56-4)27-37(39)41(42(47)48)45(31-14-18-33(54-2)19-15-31)57(49,50)36-23-20-34(55-3)21-24-36/h5-7,9-10,12-25,27,38,41H,8,11,26,28H2,1-4H3,(H,47,48). The number of hydrogen-bond acceptors (Lipinski definition) is 10. The van der Waals surface area contributed by atoms with Crippen molar-refractivity contribution in [1.29, 1.82) is 0 Å². The molecule has 1 saturated heterocycles. The Kier molecular flexibility index (Phi) is 12.5. The summed E-state index contributed by atoms with van der Waals surface area (Å²) in [7, 11) is -4.09. The molecule has 0 spiro atoms. The first-order chi connectivity index (χ1) is 27.8. The number of methoxy groups -OCH3 is 4. The number of benzene rings is 5. The fraction of sp³-hybridized carbons (Fsp3) is 0.238. The highest BCUT2D eigenvalue weighted by Crippen LogP contribution is 2.41. The Bertz CT molecular complexity index is 2450. The largest absolute Gasteiger partial charge is 0.497 e. The molecule has 1 fully saturated rings. The molecule has 304 valence electrons. The van der Waals surface area contributed by atoms with Gasteiger partial charge in [-0.05, 0) is 109 Å². The highest BCUT2D eigenvalue weighted by atomic mass is 32.2. The zero-order chi connectivity index (χ0) is 41.6. The minimum absolute atomic E-state index is 0.0477. The molecule has 1 aliphatic heterocycles. The minimum Gasteiger partial charge on any atom is -0.497 e. The highest BCUT2D eigenvalue weighted by molar-refractivity contribution is 7.93. The molecule has 0 saturated carbocycles. The zero-order valence-corrected chi connectivity index (χ0v) is 33.9. The Labute approximate surface area is 337 Å². The van der Waals surface area contributed by atoms with Gasteiger partial charge in [-0.2, -0.15) is 0 Å². The van der Waals surface area contributed by atoms with Crippen LogP contribution in [-0.4, -0.2) is 80.2 Å². The van der Waals surface area contributed by atoms with Crippen LogP contribution in [0.3, 0.4) is 0 Å². The molecule has 2 unspecified atom stereocenters. The molecule has 0 radical (unpaired) electrons. The van der Waals surface area contributed by atoms with Crippen LogP contribution in [-0.2, 0) is 29.6 Å². The second kappa shape index (κ2) is 17.5. The van der Waals surface area contributed by atoms with Crippen LogP contribution in [0.2, 0.25) is 0 Å². The SMILES string of the molecule is COc1ccc(N(CC(=O)N2CCCC2c2ccccc2)S(=O)(=O)c2ccc(OC)cc2C(C(=O)O)N(c2ccc(OC)cc2)S(=O)(=O)c2ccc(OC)cc2)cc1. The fourth-order valence-electron chi connectivity index (χ4n) is 6.96. The van der Waals surface area contributed by atoms with E-state index in [0.717, 1.165) is 15.9 Å². The third kappa shape index (κ3) is 8.38. The summed E-state index contributed by atoms with van der Waals surface area (Å²) in [4.78, 5) is 28.7. The number of carbonyl (C=O) groups is 2. The number of carboxylic acids is 1. The number of anilines is 2. The van der Waals surface area contributed by atoms with Crippen LogP contribution >= 0.6 is 0 Å². The molecule has 0 bridgehead atoms. The Balaban J connectivity index is 1.53. The van der Waals surface area contributed by atoms with E-state index in [0.29, 0.717) is 40.9 Å². The van der Waals surface area contributed by atoms with Crippen molar-refractivity contribution in [1.82, 2.24) is 4.90 Å². The molecule has 6 rings (SSSR count). The second-order valence-corrected chi connectivity index (χ2v) is 16.8. The maximum Gasteiger partial charge on any atom is 0.332 e. The third-order valence-electron chi connectivity index (χ3n) is 9.89. The summed E-state index contributed by atoms with van der Waals surface area (Å²) in [6.45, 7) is -0.267. The van der Waals surface area contributed by atoms with Crippen molar-refractivity contribution >= 4 is 43.3 Å². The van der Waals surface area contributed by atoms with E-state index in [2.05, 4.69) is 0 Å². The molecule has 5 aromatic carbocycles. The maximum atomic E-state index is 15.3. The smallest absolute Gasteiger partial charge is 0.332 e. The van der Waals surface area contributed by atoms with Crippen molar-refractivity contribution in [2.45, 2.75) is 34.7 Å². The van der Waals surface area contributed by atoms with Crippen LogP contribution in [0.15, 0.2) is 131 Å². The average Bonchev–Trinajstić information content (AvgIpc) is 3.75. The van der Waals surface area contributed by atoms with Gasteiger partial charge in [-0.15, -0.1) is 0 Å². The number of amides is 1. The van der Waals surface area contributed by atoms with Gasteiger partial charge < -0.3 is 29.0 Å². The first-order valence-corrected chi connectivity index (χ1v) is 21.0. The van der Waals surface area contributed by atoms with E-state index in [4.69, 9.17) is 18.9 Å². The molecule has 1 aliphatic rings. The van der Waals surface area contributed by atoms with Crippen molar-refractivity contribution in [3.63, 3.8) is 0 Å². The lowest BCUT2D eigenvalue weighted by Crippen LogP contribution is -2.44. The predicted octanol–water partition coefficient (Wildman–Crippen LogP) is 6.30. The minimum atomic E-state index is -4.89. The van der Waals surface area contributed by atoms with Gasteiger partial charge in [0, 0.05) is 12.1 Å². The first-order valence-electron chi connectivity index (χ1n) is 18.1. The van der Waals surface area contributed by atoms with E-state index in [1.54, 1.807) is 4.90 Å². The number of carbonyl (C=O) groups excluding carboxylic acids is 1. The summed E-state index contributed by atoms with van der Waals surface area (Å²) in [6.07, 6.45) is 1.38. The van der Waals surface area contributed by atoms with Crippen molar-refractivity contribution < 1.29 is 50.5 Å². The predicted molar refractivity (Wildman–Crippen MR) is 217 cm³/mol. The number of aliphatic carboxylic acids is 1. The van der Waals surface area contributed by atoms with Gasteiger partial charge in [0.15, 0.2) is 6.04 Å². The normalized spacial score (nSPS) is 14.6. The van der Waals surface area contributed by atoms with Crippen LogP contribution in [0.4, 0.5) is 11.4 Å². The monoisotopic (exact) mass is 829 g/mol. The summed E-state index contributed by atoms with van der Waals surface area (Å²) < 4.78 is 82.7. The topological polar surface area (TPSA) is 169 Å². The number of rotatable bonds is 16.